The zero-order valence-corrected chi connectivity index (χ0v) is 20.0. The highest BCUT2D eigenvalue weighted by atomic mass is 32.2. The average Bonchev–Trinajstić information content (AvgIpc) is 2.80. The number of anilines is 1. The minimum atomic E-state index is -3.94. The van der Waals surface area contributed by atoms with Crippen molar-refractivity contribution < 1.29 is 17.9 Å². The van der Waals surface area contributed by atoms with Gasteiger partial charge in [0, 0.05) is 12.1 Å². The van der Waals surface area contributed by atoms with Crippen LogP contribution in [0.3, 0.4) is 0 Å². The van der Waals surface area contributed by atoms with Gasteiger partial charge in [-0.25, -0.2) is 8.42 Å². The van der Waals surface area contributed by atoms with Crippen LogP contribution in [0.25, 0.3) is 0 Å². The first-order valence-corrected chi connectivity index (χ1v) is 12.0. The van der Waals surface area contributed by atoms with E-state index in [0.717, 1.165) is 5.56 Å². The lowest BCUT2D eigenvalue weighted by molar-refractivity contribution is 0.0941. The van der Waals surface area contributed by atoms with E-state index in [2.05, 4.69) is 10.0 Å². The molecule has 0 saturated carbocycles. The molecule has 0 fully saturated rings. The monoisotopic (exact) mass is 467 g/mol. The molecule has 3 rings (SSSR count). The fraction of sp³-hybridized carbons (Fsp3) is 0.240. The molecule has 0 aliphatic rings. The van der Waals surface area contributed by atoms with Crippen LogP contribution in [0.5, 0.6) is 5.75 Å². The first-order chi connectivity index (χ1) is 15.7. The Morgan fingerprint density at radius 2 is 1.67 bits per heavy atom. The molecule has 1 atom stereocenters. The third kappa shape index (κ3) is 5.91. The van der Waals surface area contributed by atoms with Crippen molar-refractivity contribution in [1.29, 1.82) is 0 Å². The van der Waals surface area contributed by atoms with Gasteiger partial charge in [-0.2, -0.15) is 0 Å². The number of para-hydroxylation sites is 2. The quantitative estimate of drug-likeness (QED) is 0.499. The number of aryl methyl sites for hydroxylation is 1. The third-order valence-corrected chi connectivity index (χ3v) is 6.86. The van der Waals surface area contributed by atoms with Crippen LogP contribution in [0.2, 0.25) is 0 Å². The summed E-state index contributed by atoms with van der Waals surface area (Å²) in [6.45, 7) is 2.07. The van der Waals surface area contributed by atoms with Crippen molar-refractivity contribution in [3.05, 3.63) is 89.5 Å². The van der Waals surface area contributed by atoms with Crippen LogP contribution in [-0.4, -0.2) is 47.0 Å². The SMILES string of the molecule is COc1ccccc1NS(=O)(=O)c1cc(C(=O)NCC(c2ccccc2)N(C)C)ccc1C. The van der Waals surface area contributed by atoms with Crippen LogP contribution in [0.4, 0.5) is 5.69 Å². The number of likely N-dealkylation sites (N-methyl/N-ethyl adjacent to an activating group) is 1. The summed E-state index contributed by atoms with van der Waals surface area (Å²) < 4.78 is 34.0. The van der Waals surface area contributed by atoms with Crippen LogP contribution in [0.15, 0.2) is 77.7 Å². The fourth-order valence-electron chi connectivity index (χ4n) is 3.52. The number of benzene rings is 3. The van der Waals surface area contributed by atoms with Gasteiger partial charge in [-0.15, -0.1) is 0 Å². The largest absolute Gasteiger partial charge is 0.495 e. The number of carbonyl (C=O) groups is 1. The topological polar surface area (TPSA) is 87.7 Å². The van der Waals surface area contributed by atoms with Gasteiger partial charge in [0.05, 0.1) is 23.7 Å². The molecule has 8 heteroatoms. The second-order valence-electron chi connectivity index (χ2n) is 7.89. The molecule has 33 heavy (non-hydrogen) atoms. The third-order valence-electron chi connectivity index (χ3n) is 5.35. The molecule has 0 aliphatic carbocycles. The maximum Gasteiger partial charge on any atom is 0.262 e. The average molecular weight is 468 g/mol. The van der Waals surface area contributed by atoms with Crippen LogP contribution < -0.4 is 14.8 Å². The number of nitrogens with zero attached hydrogens (tertiary/aromatic N) is 1. The molecule has 2 N–H and O–H groups in total. The molecule has 1 unspecified atom stereocenters. The van der Waals surface area contributed by atoms with Gasteiger partial charge in [0.1, 0.15) is 5.75 Å². The van der Waals surface area contributed by atoms with E-state index in [-0.39, 0.29) is 22.4 Å². The normalized spacial score (nSPS) is 12.3. The van der Waals surface area contributed by atoms with E-state index in [0.29, 0.717) is 23.5 Å². The first-order valence-electron chi connectivity index (χ1n) is 10.5. The lowest BCUT2D eigenvalue weighted by Gasteiger charge is -2.25. The summed E-state index contributed by atoms with van der Waals surface area (Å²) >= 11 is 0. The number of ether oxygens (including phenoxy) is 1. The summed E-state index contributed by atoms with van der Waals surface area (Å²) in [4.78, 5) is 14.9. The van der Waals surface area contributed by atoms with E-state index in [9.17, 15) is 13.2 Å². The number of methoxy groups -OCH3 is 1. The first kappa shape index (κ1) is 24.3. The van der Waals surface area contributed by atoms with E-state index >= 15 is 0 Å². The maximum absolute atomic E-state index is 13.1. The molecule has 0 bridgehead atoms. The second-order valence-corrected chi connectivity index (χ2v) is 9.54. The number of sulfonamides is 1. The highest BCUT2D eigenvalue weighted by Gasteiger charge is 2.21. The van der Waals surface area contributed by atoms with E-state index in [1.807, 2.05) is 49.3 Å². The molecular formula is C25H29N3O4S. The van der Waals surface area contributed by atoms with Crippen LogP contribution >= 0.6 is 0 Å². The fourth-order valence-corrected chi connectivity index (χ4v) is 4.87. The molecule has 0 radical (unpaired) electrons. The minimum absolute atomic E-state index is 0.0176. The summed E-state index contributed by atoms with van der Waals surface area (Å²) in [5.41, 5.74) is 2.21. The van der Waals surface area contributed by atoms with Gasteiger partial charge >= 0.3 is 0 Å². The zero-order valence-electron chi connectivity index (χ0n) is 19.2. The molecule has 0 aliphatic heterocycles. The molecule has 0 aromatic heterocycles. The van der Waals surface area contributed by atoms with Gasteiger partial charge in [-0.3, -0.25) is 9.52 Å². The second kappa shape index (κ2) is 10.5. The highest BCUT2D eigenvalue weighted by Crippen LogP contribution is 2.27. The van der Waals surface area contributed by atoms with Gasteiger partial charge < -0.3 is 15.0 Å². The Bertz CT molecular complexity index is 1210. The van der Waals surface area contributed by atoms with E-state index < -0.39 is 10.0 Å². The van der Waals surface area contributed by atoms with Crippen molar-refractivity contribution in [2.75, 3.05) is 32.5 Å². The highest BCUT2D eigenvalue weighted by molar-refractivity contribution is 7.92. The molecule has 3 aromatic rings. The molecule has 0 spiro atoms. The summed E-state index contributed by atoms with van der Waals surface area (Å²) in [6.07, 6.45) is 0. The smallest absolute Gasteiger partial charge is 0.262 e. The van der Waals surface area contributed by atoms with E-state index in [1.165, 1.54) is 13.2 Å². The Labute approximate surface area is 195 Å². The molecule has 7 nitrogen and oxygen atoms in total. The Hall–Kier alpha value is -3.36. The van der Waals surface area contributed by atoms with Crippen molar-refractivity contribution in [3.63, 3.8) is 0 Å². The number of nitrogens with one attached hydrogen (secondary N) is 2. The maximum atomic E-state index is 13.1. The van der Waals surface area contributed by atoms with Gasteiger partial charge in [0.15, 0.2) is 0 Å². The zero-order chi connectivity index (χ0) is 24.0. The molecule has 0 saturated heterocycles. The van der Waals surface area contributed by atoms with Crippen LogP contribution in [0.1, 0.15) is 27.5 Å². The molecule has 0 heterocycles. The van der Waals surface area contributed by atoms with Gasteiger partial charge in [-0.1, -0.05) is 48.5 Å². The molecule has 3 aromatic carbocycles. The van der Waals surface area contributed by atoms with Crippen molar-refractivity contribution in [3.8, 4) is 5.75 Å². The van der Waals surface area contributed by atoms with E-state index in [1.54, 1.807) is 43.3 Å². The van der Waals surface area contributed by atoms with Crippen molar-refractivity contribution in [2.45, 2.75) is 17.9 Å². The number of carbonyl (C=O) groups excluding carboxylic acids is 1. The van der Waals surface area contributed by atoms with Crippen molar-refractivity contribution in [2.24, 2.45) is 0 Å². The number of amides is 1. The molecule has 174 valence electrons. The van der Waals surface area contributed by atoms with Crippen LogP contribution in [0, 0.1) is 6.92 Å². The lowest BCUT2D eigenvalue weighted by atomic mass is 10.1. The summed E-state index contributed by atoms with van der Waals surface area (Å²) in [5.74, 6) is 0.0646. The Morgan fingerprint density at radius 3 is 2.33 bits per heavy atom. The Morgan fingerprint density at radius 1 is 1.00 bits per heavy atom. The van der Waals surface area contributed by atoms with Crippen LogP contribution in [-0.2, 0) is 10.0 Å². The minimum Gasteiger partial charge on any atom is -0.495 e. The number of hydrogen-bond donors (Lipinski definition) is 2. The molecule has 1 amide bonds. The predicted octanol–water partition coefficient (Wildman–Crippen LogP) is 3.84. The standard InChI is InChI=1S/C25H29N3O4S/c1-18-14-15-20(25(29)26-17-22(28(2)3)19-10-6-5-7-11-19)16-24(18)33(30,31)27-21-12-8-9-13-23(21)32-4/h5-16,22,27H,17H2,1-4H3,(H,26,29). The number of hydrogen-bond acceptors (Lipinski definition) is 5. The van der Waals surface area contributed by atoms with Crippen molar-refractivity contribution in [1.82, 2.24) is 10.2 Å². The summed E-state index contributed by atoms with van der Waals surface area (Å²) in [5, 5.41) is 2.93. The van der Waals surface area contributed by atoms with E-state index in [4.69, 9.17) is 4.74 Å². The van der Waals surface area contributed by atoms with Gasteiger partial charge in [-0.05, 0) is 56.4 Å². The van der Waals surface area contributed by atoms with Gasteiger partial charge in [0.2, 0.25) is 0 Å². The summed E-state index contributed by atoms with van der Waals surface area (Å²) in [7, 11) is 1.43. The van der Waals surface area contributed by atoms with Crippen molar-refractivity contribution >= 4 is 21.6 Å². The predicted molar refractivity (Wildman–Crippen MR) is 130 cm³/mol. The Kier molecular flexibility index (Phi) is 7.73. The number of rotatable bonds is 9. The molecular weight excluding hydrogens is 438 g/mol. The van der Waals surface area contributed by atoms with Gasteiger partial charge in [0.25, 0.3) is 15.9 Å². The Balaban J connectivity index is 1.81. The lowest BCUT2D eigenvalue weighted by Crippen LogP contribution is -2.34. The summed E-state index contributed by atoms with van der Waals surface area (Å²) in [6, 6.07) is 21.3.